The van der Waals surface area contributed by atoms with Gasteiger partial charge in [-0.1, -0.05) is 29.8 Å². The van der Waals surface area contributed by atoms with Gasteiger partial charge in [-0.2, -0.15) is 0 Å². The number of likely N-dealkylation sites (N-methyl/N-ethyl adjacent to an activating group) is 1. The molecule has 1 saturated carbocycles. The van der Waals surface area contributed by atoms with Crippen molar-refractivity contribution >= 4 is 29.3 Å². The number of nitrogens with one attached hydrogen (secondary N) is 1. The van der Waals surface area contributed by atoms with Crippen LogP contribution in [0, 0.1) is 0 Å². The van der Waals surface area contributed by atoms with Crippen LogP contribution in [-0.2, 0) is 19.9 Å². The monoisotopic (exact) mass is 388 g/mol. The molecule has 1 amide bonds. The van der Waals surface area contributed by atoms with E-state index >= 15 is 0 Å². The third-order valence-corrected chi connectivity index (χ3v) is 5.39. The van der Waals surface area contributed by atoms with E-state index in [1.165, 1.54) is 4.90 Å². The zero-order chi connectivity index (χ0) is 19.4. The molecule has 27 heavy (non-hydrogen) atoms. The van der Waals surface area contributed by atoms with E-state index in [0.29, 0.717) is 23.4 Å². The van der Waals surface area contributed by atoms with Crippen molar-refractivity contribution in [3.05, 3.63) is 58.9 Å². The molecular weight excluding hydrogens is 368 g/mol. The Kier molecular flexibility index (Phi) is 5.65. The van der Waals surface area contributed by atoms with Crippen LogP contribution in [0.15, 0.2) is 42.6 Å². The molecule has 1 fully saturated rings. The summed E-state index contributed by atoms with van der Waals surface area (Å²) in [5.41, 5.74) is -0.255. The van der Waals surface area contributed by atoms with Gasteiger partial charge in [0.15, 0.2) is 12.4 Å². The topological polar surface area (TPSA) is 79.5 Å². The third kappa shape index (κ3) is 3.62. The van der Waals surface area contributed by atoms with E-state index in [0.717, 1.165) is 12.8 Å². The summed E-state index contributed by atoms with van der Waals surface area (Å²) in [6.07, 6.45) is 4.05. The number of carbonyl (C=O) groups excluding carboxylic acids is 3. The first kappa shape index (κ1) is 19.2. The number of nitrogens with zero attached hydrogens (tertiary/aromatic N) is 1. The molecule has 7 heteroatoms. The molecule has 142 valence electrons. The molecule has 1 N–H and O–H groups in total. The first-order valence-electron chi connectivity index (χ1n) is 8.82. The number of Topliss-reactive ketones (excluding diaryl/α,β-unsaturated/α-hetero) is 1. The number of H-pyrrole nitrogens is 1. The predicted octanol–water partition coefficient (Wildman–Crippen LogP) is 3.32. The molecule has 1 aromatic heterocycles. The van der Waals surface area contributed by atoms with E-state index in [9.17, 15) is 14.4 Å². The summed E-state index contributed by atoms with van der Waals surface area (Å²) >= 11 is 6.38. The van der Waals surface area contributed by atoms with Gasteiger partial charge in [-0.25, -0.2) is 4.79 Å². The van der Waals surface area contributed by atoms with Crippen molar-refractivity contribution in [3.8, 4) is 0 Å². The number of esters is 1. The minimum Gasteiger partial charge on any atom is -0.451 e. The maximum Gasteiger partial charge on any atom is 0.355 e. The van der Waals surface area contributed by atoms with Crippen LogP contribution in [0.5, 0.6) is 0 Å². The number of benzene rings is 1. The molecule has 1 atom stereocenters. The Labute approximate surface area is 162 Å². The molecule has 0 spiro atoms. The molecule has 0 aliphatic heterocycles. The number of ether oxygens (including phenoxy) is 1. The predicted molar refractivity (Wildman–Crippen MR) is 100 cm³/mol. The molecule has 6 nitrogen and oxygen atoms in total. The summed E-state index contributed by atoms with van der Waals surface area (Å²) in [6, 6.07) is 10.3. The average Bonchev–Trinajstić information content (AvgIpc) is 3.21. The maximum atomic E-state index is 13.0. The lowest BCUT2D eigenvalue weighted by Crippen LogP contribution is -2.55. The highest BCUT2D eigenvalue weighted by Crippen LogP contribution is 2.42. The van der Waals surface area contributed by atoms with E-state index in [2.05, 4.69) is 4.98 Å². The van der Waals surface area contributed by atoms with Gasteiger partial charge >= 0.3 is 5.97 Å². The van der Waals surface area contributed by atoms with E-state index in [1.807, 2.05) is 0 Å². The molecule has 0 bridgehead atoms. The first-order chi connectivity index (χ1) is 13.0. The minimum absolute atomic E-state index is 0.0478. The summed E-state index contributed by atoms with van der Waals surface area (Å²) in [5, 5.41) is 0.441. The molecule has 2 aromatic rings. The van der Waals surface area contributed by atoms with Gasteiger partial charge in [0.05, 0.1) is 0 Å². The third-order valence-electron chi connectivity index (χ3n) is 5.06. The number of ketones is 1. The van der Waals surface area contributed by atoms with Gasteiger partial charge in [-0.05, 0) is 37.5 Å². The molecule has 1 aliphatic rings. The SMILES string of the molecule is CN(C(=O)COC(=O)c1ccc[nH]1)[C@@]1(c2ccccc2Cl)CCCCC1=O. The van der Waals surface area contributed by atoms with Gasteiger partial charge in [0.25, 0.3) is 5.91 Å². The lowest BCUT2D eigenvalue weighted by molar-refractivity contribution is -0.150. The molecule has 3 rings (SSSR count). The fourth-order valence-corrected chi connectivity index (χ4v) is 3.89. The van der Waals surface area contributed by atoms with E-state index in [4.69, 9.17) is 16.3 Å². The van der Waals surface area contributed by atoms with Crippen LogP contribution in [-0.4, -0.2) is 41.2 Å². The summed E-state index contributed by atoms with van der Waals surface area (Å²) in [4.78, 5) is 41.9. The molecule has 1 heterocycles. The number of carbonyl (C=O) groups is 3. The Balaban J connectivity index is 1.84. The second kappa shape index (κ2) is 7.96. The van der Waals surface area contributed by atoms with Gasteiger partial charge in [-0.15, -0.1) is 0 Å². The van der Waals surface area contributed by atoms with Crippen molar-refractivity contribution in [1.82, 2.24) is 9.88 Å². The molecule has 0 radical (unpaired) electrons. The second-order valence-electron chi connectivity index (χ2n) is 6.58. The fourth-order valence-electron chi connectivity index (χ4n) is 3.60. The van der Waals surface area contributed by atoms with Crippen LogP contribution in [0.1, 0.15) is 41.7 Å². The van der Waals surface area contributed by atoms with Crippen LogP contribution in [0.4, 0.5) is 0 Å². The van der Waals surface area contributed by atoms with Crippen LogP contribution in [0.25, 0.3) is 0 Å². The standard InChI is InChI=1S/C20H21ClN2O4/c1-23(18(25)13-27-19(26)16-9-6-12-22-16)20(11-5-4-10-17(20)24)14-7-2-3-8-15(14)21/h2-3,6-9,12,22H,4-5,10-11,13H2,1H3/t20-/m1/s1. The van der Waals surface area contributed by atoms with Crippen LogP contribution in [0.2, 0.25) is 5.02 Å². The van der Waals surface area contributed by atoms with Crippen LogP contribution in [0.3, 0.4) is 0 Å². The minimum atomic E-state index is -1.13. The van der Waals surface area contributed by atoms with E-state index in [-0.39, 0.29) is 11.5 Å². The normalized spacial score (nSPS) is 19.6. The average molecular weight is 389 g/mol. The Morgan fingerprint density at radius 2 is 2.00 bits per heavy atom. The highest BCUT2D eigenvalue weighted by molar-refractivity contribution is 6.31. The Morgan fingerprint density at radius 3 is 2.67 bits per heavy atom. The van der Waals surface area contributed by atoms with Crippen molar-refractivity contribution in [2.24, 2.45) is 0 Å². The van der Waals surface area contributed by atoms with Crippen LogP contribution < -0.4 is 0 Å². The summed E-state index contributed by atoms with van der Waals surface area (Å²) < 4.78 is 5.10. The van der Waals surface area contributed by atoms with Gasteiger partial charge in [-0.3, -0.25) is 9.59 Å². The number of rotatable bonds is 5. The highest BCUT2D eigenvalue weighted by Gasteiger charge is 2.47. The number of aromatic nitrogens is 1. The molecular formula is C20H21ClN2O4. The summed E-state index contributed by atoms with van der Waals surface area (Å²) in [5.74, 6) is -1.12. The number of hydrogen-bond donors (Lipinski definition) is 1. The van der Waals surface area contributed by atoms with Gasteiger partial charge < -0.3 is 14.6 Å². The maximum absolute atomic E-state index is 13.0. The summed E-state index contributed by atoms with van der Waals surface area (Å²) in [6.45, 7) is -0.451. The number of hydrogen-bond acceptors (Lipinski definition) is 4. The summed E-state index contributed by atoms with van der Waals surface area (Å²) in [7, 11) is 1.57. The molecule has 0 unspecified atom stereocenters. The number of aromatic amines is 1. The lowest BCUT2D eigenvalue weighted by atomic mass is 9.74. The molecule has 1 aliphatic carbocycles. The van der Waals surface area contributed by atoms with E-state index < -0.39 is 24.0 Å². The second-order valence-corrected chi connectivity index (χ2v) is 6.99. The smallest absolute Gasteiger partial charge is 0.355 e. The van der Waals surface area contributed by atoms with E-state index in [1.54, 1.807) is 49.6 Å². The van der Waals surface area contributed by atoms with Crippen molar-refractivity contribution in [3.63, 3.8) is 0 Å². The first-order valence-corrected chi connectivity index (χ1v) is 9.20. The Bertz CT molecular complexity index is 849. The number of halogens is 1. The largest absolute Gasteiger partial charge is 0.451 e. The Morgan fingerprint density at radius 1 is 1.22 bits per heavy atom. The number of amides is 1. The lowest BCUT2D eigenvalue weighted by Gasteiger charge is -2.43. The van der Waals surface area contributed by atoms with Crippen molar-refractivity contribution in [2.45, 2.75) is 31.2 Å². The zero-order valence-electron chi connectivity index (χ0n) is 15.0. The van der Waals surface area contributed by atoms with Crippen molar-refractivity contribution in [2.75, 3.05) is 13.7 Å². The Hall–Kier alpha value is -2.60. The van der Waals surface area contributed by atoms with Crippen molar-refractivity contribution < 1.29 is 19.1 Å². The van der Waals surface area contributed by atoms with Crippen LogP contribution >= 0.6 is 11.6 Å². The van der Waals surface area contributed by atoms with Gasteiger partial charge in [0.1, 0.15) is 11.2 Å². The quantitative estimate of drug-likeness (QED) is 0.797. The zero-order valence-corrected chi connectivity index (χ0v) is 15.8. The highest BCUT2D eigenvalue weighted by atomic mass is 35.5. The van der Waals surface area contributed by atoms with Gasteiger partial charge in [0.2, 0.25) is 0 Å². The van der Waals surface area contributed by atoms with Crippen molar-refractivity contribution in [1.29, 1.82) is 0 Å². The fraction of sp³-hybridized carbons (Fsp3) is 0.350. The molecule has 1 aromatic carbocycles. The molecule has 0 saturated heterocycles. The van der Waals surface area contributed by atoms with Gasteiger partial charge in [0, 0.05) is 30.3 Å².